The number of para-hydroxylation sites is 1. The van der Waals surface area contributed by atoms with E-state index >= 15 is 0 Å². The van der Waals surface area contributed by atoms with Crippen molar-refractivity contribution in [3.63, 3.8) is 0 Å². The summed E-state index contributed by atoms with van der Waals surface area (Å²) >= 11 is 0. The van der Waals surface area contributed by atoms with Crippen molar-refractivity contribution in [2.45, 2.75) is 98.4 Å². The molecule has 0 heterocycles. The molecule has 0 aromatic heterocycles. The van der Waals surface area contributed by atoms with Crippen LogP contribution in [-0.4, -0.2) is 40.0 Å². The third-order valence-electron chi connectivity index (χ3n) is 6.75. The zero-order valence-corrected chi connectivity index (χ0v) is 25.4. The number of nitrogens with zero attached hydrogens (tertiary/aromatic N) is 1. The van der Waals surface area contributed by atoms with E-state index in [2.05, 4.69) is 16.6 Å². The van der Waals surface area contributed by atoms with Crippen molar-refractivity contribution in [1.29, 1.82) is 0 Å². The molecule has 0 radical (unpaired) electrons. The number of carbonyl (C=O) groups excluding carboxylic acids is 3. The number of benzene rings is 2. The van der Waals surface area contributed by atoms with E-state index < -0.39 is 29.3 Å². The molecule has 0 saturated heterocycles. The fourth-order valence-electron chi connectivity index (χ4n) is 4.35. The Hall–Kier alpha value is -3.79. The van der Waals surface area contributed by atoms with Crippen molar-refractivity contribution < 1.29 is 19.1 Å². The Bertz CT molecular complexity index is 1220. The maximum Gasteiger partial charge on any atom is 0.408 e. The van der Waals surface area contributed by atoms with Crippen molar-refractivity contribution in [1.82, 2.24) is 10.2 Å². The second kappa shape index (κ2) is 13.5. The van der Waals surface area contributed by atoms with Gasteiger partial charge in [-0.05, 0) is 89.6 Å². The average Bonchev–Trinajstić information content (AvgIpc) is 2.86. The molecule has 2 aromatic rings. The molecule has 0 bridgehead atoms. The van der Waals surface area contributed by atoms with Crippen molar-refractivity contribution >= 4 is 23.6 Å². The zero-order chi connectivity index (χ0) is 30.3. The monoisotopic (exact) mass is 547 g/mol. The Labute approximate surface area is 240 Å². The summed E-state index contributed by atoms with van der Waals surface area (Å²) in [6.07, 6.45) is 5.84. The van der Waals surface area contributed by atoms with Crippen LogP contribution in [0.2, 0.25) is 0 Å². The number of carbonyl (C=O) groups is 3. The normalized spacial score (nSPS) is 13.1. The molecule has 0 spiro atoms. The van der Waals surface area contributed by atoms with Gasteiger partial charge in [0.15, 0.2) is 0 Å². The molecule has 0 saturated carbocycles. The summed E-state index contributed by atoms with van der Waals surface area (Å²) in [5.41, 5.74) is 1.35. The van der Waals surface area contributed by atoms with Gasteiger partial charge >= 0.3 is 6.09 Å². The molecule has 0 aliphatic rings. The van der Waals surface area contributed by atoms with Crippen LogP contribution in [0.5, 0.6) is 0 Å². The first-order valence-corrected chi connectivity index (χ1v) is 13.8. The molecule has 0 aliphatic carbocycles. The number of ether oxygens (including phenoxy) is 1. The molecule has 3 amide bonds. The number of alkyl carbamates (subject to hydrolysis) is 1. The summed E-state index contributed by atoms with van der Waals surface area (Å²) in [5, 5.41) is 5.83. The van der Waals surface area contributed by atoms with E-state index in [0.29, 0.717) is 29.7 Å². The third kappa shape index (κ3) is 8.87. The molecule has 216 valence electrons. The van der Waals surface area contributed by atoms with E-state index in [-0.39, 0.29) is 17.7 Å². The molecule has 2 aromatic carbocycles. The summed E-state index contributed by atoms with van der Waals surface area (Å²) in [6.45, 7) is 17.0. The van der Waals surface area contributed by atoms with Gasteiger partial charge in [-0.2, -0.15) is 0 Å². The van der Waals surface area contributed by atoms with Crippen LogP contribution in [0.25, 0.3) is 0 Å². The average molecular weight is 548 g/mol. The number of nitrogens with one attached hydrogen (secondary N) is 2. The van der Waals surface area contributed by atoms with Crippen LogP contribution in [0.15, 0.2) is 48.5 Å². The Morgan fingerprint density at radius 1 is 1.00 bits per heavy atom. The number of aryl methyl sites for hydroxylation is 1. The maximum atomic E-state index is 14.5. The first kappa shape index (κ1) is 32.4. The van der Waals surface area contributed by atoms with E-state index in [0.717, 1.165) is 5.56 Å². The molecule has 0 aliphatic heterocycles. The van der Waals surface area contributed by atoms with Crippen LogP contribution in [0.4, 0.5) is 10.5 Å². The smallest absolute Gasteiger partial charge is 0.408 e. The van der Waals surface area contributed by atoms with Crippen LogP contribution in [0.1, 0.15) is 91.0 Å². The first-order chi connectivity index (χ1) is 18.6. The minimum atomic E-state index is -0.996. The molecule has 2 rings (SSSR count). The lowest BCUT2D eigenvalue weighted by Crippen LogP contribution is -2.59. The fraction of sp³-hybridized carbons (Fsp3) is 0.485. The molecular weight excluding hydrogens is 502 g/mol. The fourth-order valence-corrected chi connectivity index (χ4v) is 4.35. The second-order valence-electron chi connectivity index (χ2n) is 12.2. The number of amides is 3. The van der Waals surface area contributed by atoms with Crippen LogP contribution in [-0.2, 0) is 14.3 Å². The van der Waals surface area contributed by atoms with Gasteiger partial charge in [0.1, 0.15) is 17.7 Å². The quantitative estimate of drug-likeness (QED) is 0.328. The highest BCUT2D eigenvalue weighted by Crippen LogP contribution is 2.34. The highest BCUT2D eigenvalue weighted by atomic mass is 16.6. The lowest BCUT2D eigenvalue weighted by molar-refractivity contribution is -0.148. The predicted octanol–water partition coefficient (Wildman–Crippen LogP) is 6.61. The Morgan fingerprint density at radius 2 is 1.60 bits per heavy atom. The number of rotatable bonds is 10. The van der Waals surface area contributed by atoms with Gasteiger partial charge in [0, 0.05) is 16.8 Å². The first-order valence-electron chi connectivity index (χ1n) is 13.8. The van der Waals surface area contributed by atoms with Gasteiger partial charge in [0.05, 0.1) is 0 Å². The summed E-state index contributed by atoms with van der Waals surface area (Å²) in [5.74, 6) is 1.96. The summed E-state index contributed by atoms with van der Waals surface area (Å²) < 4.78 is 5.48. The van der Waals surface area contributed by atoms with E-state index in [1.165, 1.54) is 0 Å². The maximum absolute atomic E-state index is 14.5. The number of terminal acetylenes is 1. The molecule has 0 fully saturated rings. The number of hydrogen-bond acceptors (Lipinski definition) is 4. The minimum Gasteiger partial charge on any atom is -0.444 e. The molecule has 2 unspecified atom stereocenters. The SMILES string of the molecule is C#Cc1ccc(C(C(=O)Nc2ccccc2C)N(C(=O)C(CC(C)C)NC(=O)OC(C)(C)C)C(C)(C)CC)cc1. The van der Waals surface area contributed by atoms with Crippen LogP contribution >= 0.6 is 0 Å². The van der Waals surface area contributed by atoms with E-state index in [9.17, 15) is 14.4 Å². The summed E-state index contributed by atoms with van der Waals surface area (Å²) in [4.78, 5) is 43.0. The third-order valence-corrected chi connectivity index (χ3v) is 6.75. The highest BCUT2D eigenvalue weighted by Gasteiger charge is 2.43. The van der Waals surface area contributed by atoms with Crippen LogP contribution in [0.3, 0.4) is 0 Å². The van der Waals surface area contributed by atoms with Gasteiger partial charge < -0.3 is 20.3 Å². The molecule has 7 heteroatoms. The van der Waals surface area contributed by atoms with Crippen LogP contribution in [0, 0.1) is 25.2 Å². The lowest BCUT2D eigenvalue weighted by atomic mass is 9.90. The summed E-state index contributed by atoms with van der Waals surface area (Å²) in [7, 11) is 0. The van der Waals surface area contributed by atoms with Gasteiger partial charge in [-0.1, -0.05) is 57.0 Å². The van der Waals surface area contributed by atoms with E-state index in [1.807, 2.05) is 65.8 Å². The van der Waals surface area contributed by atoms with E-state index in [1.54, 1.807) is 49.9 Å². The Kier molecular flexibility index (Phi) is 11.0. The highest BCUT2D eigenvalue weighted by molar-refractivity contribution is 5.99. The topological polar surface area (TPSA) is 87.7 Å². The van der Waals surface area contributed by atoms with Crippen molar-refractivity contribution in [3.05, 3.63) is 65.2 Å². The van der Waals surface area contributed by atoms with E-state index in [4.69, 9.17) is 11.2 Å². The molecule has 7 nitrogen and oxygen atoms in total. The largest absolute Gasteiger partial charge is 0.444 e. The van der Waals surface area contributed by atoms with Gasteiger partial charge in [-0.3, -0.25) is 9.59 Å². The number of anilines is 1. The van der Waals surface area contributed by atoms with Gasteiger partial charge in [-0.15, -0.1) is 6.42 Å². The summed E-state index contributed by atoms with van der Waals surface area (Å²) in [6, 6.07) is 12.7. The van der Waals surface area contributed by atoms with Gasteiger partial charge in [0.2, 0.25) is 5.91 Å². The van der Waals surface area contributed by atoms with Crippen molar-refractivity contribution in [2.24, 2.45) is 5.92 Å². The molecular formula is C33H45N3O4. The van der Waals surface area contributed by atoms with Gasteiger partial charge in [-0.25, -0.2) is 4.79 Å². The Balaban J connectivity index is 2.66. The standard InChI is InChI=1S/C33H45N3O4/c1-11-24-17-19-25(20-18-24)28(29(37)34-26-16-14-13-15-23(26)5)36(33(9,10)12-2)30(38)27(21-22(3)4)35-31(39)40-32(6,7)8/h1,13-20,22,27-28H,12,21H2,2-10H3,(H,34,37)(H,35,39). The second-order valence-corrected chi connectivity index (χ2v) is 12.2. The number of hydrogen-bond donors (Lipinski definition) is 2. The van der Waals surface area contributed by atoms with Crippen LogP contribution < -0.4 is 10.6 Å². The molecule has 40 heavy (non-hydrogen) atoms. The Morgan fingerprint density at radius 3 is 2.10 bits per heavy atom. The molecule has 2 atom stereocenters. The zero-order valence-electron chi connectivity index (χ0n) is 25.4. The van der Waals surface area contributed by atoms with Crippen molar-refractivity contribution in [2.75, 3.05) is 5.32 Å². The van der Waals surface area contributed by atoms with Crippen molar-refractivity contribution in [3.8, 4) is 12.3 Å². The minimum absolute atomic E-state index is 0.0876. The lowest BCUT2D eigenvalue weighted by Gasteiger charge is -2.44. The predicted molar refractivity (Wildman–Crippen MR) is 161 cm³/mol. The van der Waals surface area contributed by atoms with Gasteiger partial charge in [0.25, 0.3) is 5.91 Å². The molecule has 2 N–H and O–H groups in total.